The highest BCUT2D eigenvalue weighted by Crippen LogP contribution is 2.36. The summed E-state index contributed by atoms with van der Waals surface area (Å²) in [7, 11) is 2.07. The SMILES string of the molecule is Cn1c(-c2ccc(Cl)cc2)c(CCC(=O)N2CCC(O)(Cc3ccccc3)CC2)c2cc(Br)ccc21. The highest BCUT2D eigenvalue weighted by molar-refractivity contribution is 9.10. The molecule has 4 aromatic rings. The predicted molar refractivity (Wildman–Crippen MR) is 150 cm³/mol. The Bertz CT molecular complexity index is 1370. The van der Waals surface area contributed by atoms with Gasteiger partial charge in [0.15, 0.2) is 0 Å². The number of halogens is 2. The number of fused-ring (bicyclic) bond motifs is 1. The summed E-state index contributed by atoms with van der Waals surface area (Å²) in [4.78, 5) is 15.2. The molecule has 0 spiro atoms. The van der Waals surface area contributed by atoms with Crippen LogP contribution in [0.2, 0.25) is 5.02 Å². The second kappa shape index (κ2) is 10.4. The van der Waals surface area contributed by atoms with Crippen LogP contribution >= 0.6 is 27.5 Å². The Balaban J connectivity index is 1.32. The standard InChI is InChI=1S/C30H30BrClN2O2/c1-33-27-13-9-23(31)19-26(27)25(29(33)22-7-10-24(32)11-8-22)12-14-28(35)34-17-15-30(36,16-18-34)20-21-5-3-2-4-6-21/h2-11,13,19,36H,12,14-18,20H2,1H3. The van der Waals surface area contributed by atoms with E-state index in [0.29, 0.717) is 50.2 Å². The third-order valence-corrected chi connectivity index (χ3v) is 8.14. The minimum atomic E-state index is -0.748. The van der Waals surface area contributed by atoms with E-state index in [1.807, 2.05) is 53.4 Å². The van der Waals surface area contributed by atoms with E-state index in [2.05, 4.69) is 51.8 Å². The first-order valence-corrected chi connectivity index (χ1v) is 13.6. The lowest BCUT2D eigenvalue weighted by Crippen LogP contribution is -2.47. The van der Waals surface area contributed by atoms with Crippen LogP contribution in [0.15, 0.2) is 77.3 Å². The first kappa shape index (κ1) is 25.1. The van der Waals surface area contributed by atoms with Gasteiger partial charge in [0.2, 0.25) is 5.91 Å². The summed E-state index contributed by atoms with van der Waals surface area (Å²) < 4.78 is 3.22. The molecule has 36 heavy (non-hydrogen) atoms. The fourth-order valence-electron chi connectivity index (χ4n) is 5.44. The number of likely N-dealkylation sites (tertiary alicyclic amines) is 1. The maximum atomic E-state index is 13.3. The molecule has 1 N–H and O–H groups in total. The van der Waals surface area contributed by atoms with Crippen molar-refractivity contribution in [1.82, 2.24) is 9.47 Å². The van der Waals surface area contributed by atoms with Crippen molar-refractivity contribution in [2.24, 2.45) is 7.05 Å². The normalized spacial score (nSPS) is 15.4. The molecule has 0 saturated carbocycles. The molecule has 5 rings (SSSR count). The third kappa shape index (κ3) is 5.24. The molecule has 0 radical (unpaired) electrons. The first-order valence-electron chi connectivity index (χ1n) is 12.4. The molecule has 3 aromatic carbocycles. The maximum absolute atomic E-state index is 13.3. The van der Waals surface area contributed by atoms with Crippen molar-refractivity contribution < 1.29 is 9.90 Å². The molecule has 0 aliphatic carbocycles. The van der Waals surface area contributed by atoms with Gasteiger partial charge in [0.25, 0.3) is 0 Å². The van der Waals surface area contributed by atoms with Crippen LogP contribution < -0.4 is 0 Å². The van der Waals surface area contributed by atoms with E-state index in [0.717, 1.165) is 32.2 Å². The van der Waals surface area contributed by atoms with E-state index in [4.69, 9.17) is 11.6 Å². The van der Waals surface area contributed by atoms with Crippen molar-refractivity contribution in [3.05, 3.63) is 93.4 Å². The fourth-order valence-corrected chi connectivity index (χ4v) is 5.92. The number of aliphatic hydroxyl groups is 1. The van der Waals surface area contributed by atoms with Crippen molar-refractivity contribution >= 4 is 44.3 Å². The average molecular weight is 566 g/mol. The molecule has 186 valence electrons. The molecular weight excluding hydrogens is 536 g/mol. The van der Waals surface area contributed by atoms with Crippen LogP contribution in [0.1, 0.15) is 30.4 Å². The van der Waals surface area contributed by atoms with E-state index in [1.165, 1.54) is 5.56 Å². The van der Waals surface area contributed by atoms with Gasteiger partial charge >= 0.3 is 0 Å². The van der Waals surface area contributed by atoms with Crippen molar-refractivity contribution in [2.45, 2.75) is 37.7 Å². The summed E-state index contributed by atoms with van der Waals surface area (Å²) >= 11 is 9.77. The molecule has 1 aromatic heterocycles. The Hall–Kier alpha value is -2.60. The van der Waals surface area contributed by atoms with Crippen LogP contribution in [-0.4, -0.2) is 39.2 Å². The second-order valence-electron chi connectivity index (χ2n) is 9.82. The molecule has 1 amide bonds. The molecular formula is C30H30BrClN2O2. The number of benzene rings is 3. The summed E-state index contributed by atoms with van der Waals surface area (Å²) in [5, 5.41) is 13.0. The maximum Gasteiger partial charge on any atom is 0.222 e. The average Bonchev–Trinajstić information content (AvgIpc) is 3.14. The quantitative estimate of drug-likeness (QED) is 0.280. The zero-order valence-corrected chi connectivity index (χ0v) is 22.7. The van der Waals surface area contributed by atoms with Gasteiger partial charge in [-0.3, -0.25) is 4.79 Å². The lowest BCUT2D eigenvalue weighted by Gasteiger charge is -2.38. The molecule has 0 bridgehead atoms. The Kier molecular flexibility index (Phi) is 7.25. The number of hydrogen-bond acceptors (Lipinski definition) is 2. The lowest BCUT2D eigenvalue weighted by molar-refractivity contribution is -0.135. The van der Waals surface area contributed by atoms with Crippen LogP contribution in [0.4, 0.5) is 0 Å². The van der Waals surface area contributed by atoms with Gasteiger partial charge in [0.05, 0.1) is 11.3 Å². The van der Waals surface area contributed by atoms with Gasteiger partial charge in [-0.05, 0) is 66.3 Å². The fraction of sp³-hybridized carbons (Fsp3) is 0.300. The highest BCUT2D eigenvalue weighted by Gasteiger charge is 2.34. The number of aromatic nitrogens is 1. The number of piperidine rings is 1. The Labute approximate surface area is 225 Å². The van der Waals surface area contributed by atoms with Crippen LogP contribution in [-0.2, 0) is 24.7 Å². The molecule has 1 aliphatic rings. The summed E-state index contributed by atoms with van der Waals surface area (Å²) in [5.74, 6) is 0.144. The van der Waals surface area contributed by atoms with Crippen molar-refractivity contribution in [3.63, 3.8) is 0 Å². The number of amides is 1. The highest BCUT2D eigenvalue weighted by atomic mass is 79.9. The Morgan fingerprint density at radius 3 is 2.42 bits per heavy atom. The zero-order chi connectivity index (χ0) is 25.3. The zero-order valence-electron chi connectivity index (χ0n) is 20.4. The lowest BCUT2D eigenvalue weighted by atomic mass is 9.85. The molecule has 1 saturated heterocycles. The third-order valence-electron chi connectivity index (χ3n) is 7.40. The van der Waals surface area contributed by atoms with Crippen molar-refractivity contribution in [1.29, 1.82) is 0 Å². The second-order valence-corrected chi connectivity index (χ2v) is 11.2. The van der Waals surface area contributed by atoms with E-state index in [-0.39, 0.29) is 5.91 Å². The van der Waals surface area contributed by atoms with E-state index in [1.54, 1.807) is 0 Å². The largest absolute Gasteiger partial charge is 0.389 e. The predicted octanol–water partition coefficient (Wildman–Crippen LogP) is 6.79. The van der Waals surface area contributed by atoms with Gasteiger partial charge in [0.1, 0.15) is 0 Å². The summed E-state index contributed by atoms with van der Waals surface area (Å²) in [6.45, 7) is 1.18. The van der Waals surface area contributed by atoms with E-state index < -0.39 is 5.60 Å². The number of rotatable bonds is 6. The molecule has 1 aliphatic heterocycles. The topological polar surface area (TPSA) is 45.5 Å². The molecule has 4 nitrogen and oxygen atoms in total. The molecule has 1 fully saturated rings. The summed E-state index contributed by atoms with van der Waals surface area (Å²) in [6, 6.07) is 24.3. The molecule has 2 heterocycles. The smallest absolute Gasteiger partial charge is 0.222 e. The van der Waals surface area contributed by atoms with Crippen molar-refractivity contribution in [2.75, 3.05) is 13.1 Å². The molecule has 0 unspecified atom stereocenters. The monoisotopic (exact) mass is 564 g/mol. The van der Waals surface area contributed by atoms with Gasteiger partial charge in [-0.1, -0.05) is 70.0 Å². The summed E-state index contributed by atoms with van der Waals surface area (Å²) in [5.41, 5.74) is 4.89. The summed E-state index contributed by atoms with van der Waals surface area (Å²) in [6.07, 6.45) is 2.92. The van der Waals surface area contributed by atoms with Crippen LogP contribution in [0.25, 0.3) is 22.2 Å². The molecule has 0 atom stereocenters. The number of hydrogen-bond donors (Lipinski definition) is 1. The number of carbonyl (C=O) groups is 1. The number of aryl methyl sites for hydroxylation is 2. The van der Waals surface area contributed by atoms with Gasteiger partial charge in [-0.2, -0.15) is 0 Å². The van der Waals surface area contributed by atoms with Gasteiger partial charge in [0, 0.05) is 53.4 Å². The van der Waals surface area contributed by atoms with Crippen LogP contribution in [0.3, 0.4) is 0 Å². The van der Waals surface area contributed by atoms with Crippen LogP contribution in [0.5, 0.6) is 0 Å². The van der Waals surface area contributed by atoms with Crippen molar-refractivity contribution in [3.8, 4) is 11.3 Å². The van der Waals surface area contributed by atoms with Gasteiger partial charge < -0.3 is 14.6 Å². The van der Waals surface area contributed by atoms with E-state index in [9.17, 15) is 9.90 Å². The Morgan fingerprint density at radius 2 is 1.72 bits per heavy atom. The number of nitrogens with zero attached hydrogens (tertiary/aromatic N) is 2. The molecule has 6 heteroatoms. The Morgan fingerprint density at radius 1 is 1.03 bits per heavy atom. The minimum absolute atomic E-state index is 0.144. The first-order chi connectivity index (χ1) is 17.3. The van der Waals surface area contributed by atoms with Gasteiger partial charge in [-0.15, -0.1) is 0 Å². The van der Waals surface area contributed by atoms with Gasteiger partial charge in [-0.25, -0.2) is 0 Å². The van der Waals surface area contributed by atoms with Crippen LogP contribution in [0, 0.1) is 0 Å². The number of carbonyl (C=O) groups excluding carboxylic acids is 1. The minimum Gasteiger partial charge on any atom is -0.389 e. The van der Waals surface area contributed by atoms with E-state index >= 15 is 0 Å².